The molecule has 0 radical (unpaired) electrons. The van der Waals surface area contributed by atoms with E-state index in [0.717, 1.165) is 0 Å². The van der Waals surface area contributed by atoms with E-state index in [9.17, 15) is 4.79 Å². The summed E-state index contributed by atoms with van der Waals surface area (Å²) >= 11 is 0. The van der Waals surface area contributed by atoms with Crippen molar-refractivity contribution < 1.29 is 14.6 Å². The minimum Gasteiger partial charge on any atom is -0.460 e. The first-order valence-corrected chi connectivity index (χ1v) is 5.04. The van der Waals surface area contributed by atoms with Crippen LogP contribution >= 0.6 is 0 Å². The van der Waals surface area contributed by atoms with Crippen LogP contribution in [0.1, 0.15) is 39.5 Å². The molecule has 0 bridgehead atoms. The lowest BCUT2D eigenvalue weighted by molar-refractivity contribution is -0.141. The van der Waals surface area contributed by atoms with Crippen LogP contribution < -0.4 is 0 Å². The molecule has 0 aromatic rings. The normalized spacial score (nSPS) is 15.6. The van der Waals surface area contributed by atoms with Gasteiger partial charge in [-0.3, -0.25) is 0 Å². The van der Waals surface area contributed by atoms with Crippen LogP contribution in [0.3, 0.4) is 0 Å². The summed E-state index contributed by atoms with van der Waals surface area (Å²) in [5.74, 6) is -0.457. The lowest BCUT2D eigenvalue weighted by Gasteiger charge is -2.05. The first-order chi connectivity index (χ1) is 6.54. The molecule has 0 aromatic carbocycles. The largest absolute Gasteiger partial charge is 0.460 e. The lowest BCUT2D eigenvalue weighted by atomic mass is 10.0. The average Bonchev–Trinajstić information content (AvgIpc) is 1.96. The van der Waals surface area contributed by atoms with Gasteiger partial charge >= 0.3 is 5.97 Å². The summed E-state index contributed by atoms with van der Waals surface area (Å²) < 4.78 is 4.58. The molecule has 1 saturated carbocycles. The highest BCUT2D eigenvalue weighted by atomic mass is 16.5. The topological polar surface area (TPSA) is 46.5 Å². The number of carbonyl (C=O) groups excluding carboxylic acids is 1. The molecule has 0 amide bonds. The molecule has 1 N–H and O–H groups in total. The first kappa shape index (κ1) is 13.2. The SMILES string of the molecule is C1CCC1.C=C(C)C(=O)OCC(C)O. The van der Waals surface area contributed by atoms with E-state index in [4.69, 9.17) is 5.11 Å². The van der Waals surface area contributed by atoms with E-state index in [0.29, 0.717) is 5.57 Å². The highest BCUT2D eigenvalue weighted by Gasteiger charge is 2.03. The van der Waals surface area contributed by atoms with Crippen molar-refractivity contribution in [3.63, 3.8) is 0 Å². The fraction of sp³-hybridized carbons (Fsp3) is 0.727. The van der Waals surface area contributed by atoms with Crippen molar-refractivity contribution in [2.75, 3.05) is 6.61 Å². The Morgan fingerprint density at radius 3 is 2.07 bits per heavy atom. The Labute approximate surface area is 85.8 Å². The molecule has 0 spiro atoms. The second-order valence-corrected chi connectivity index (χ2v) is 3.64. The van der Waals surface area contributed by atoms with Crippen LogP contribution in [0.4, 0.5) is 0 Å². The second-order valence-electron chi connectivity index (χ2n) is 3.64. The van der Waals surface area contributed by atoms with E-state index < -0.39 is 12.1 Å². The van der Waals surface area contributed by atoms with Crippen LogP contribution in [0.25, 0.3) is 0 Å². The van der Waals surface area contributed by atoms with Crippen molar-refractivity contribution in [1.82, 2.24) is 0 Å². The monoisotopic (exact) mass is 200 g/mol. The van der Waals surface area contributed by atoms with Crippen LogP contribution in [0.15, 0.2) is 12.2 Å². The zero-order valence-electron chi connectivity index (χ0n) is 9.08. The summed E-state index contributed by atoms with van der Waals surface area (Å²) in [5, 5.41) is 8.68. The number of rotatable bonds is 3. The fourth-order valence-corrected chi connectivity index (χ4v) is 0.569. The maximum Gasteiger partial charge on any atom is 0.333 e. The third-order valence-corrected chi connectivity index (χ3v) is 1.80. The second kappa shape index (κ2) is 7.56. The summed E-state index contributed by atoms with van der Waals surface area (Å²) in [4.78, 5) is 10.6. The van der Waals surface area contributed by atoms with Crippen molar-refractivity contribution in [1.29, 1.82) is 0 Å². The van der Waals surface area contributed by atoms with Crippen LogP contribution in [0.2, 0.25) is 0 Å². The number of ether oxygens (including phenoxy) is 1. The maximum atomic E-state index is 10.6. The first-order valence-electron chi connectivity index (χ1n) is 5.04. The zero-order valence-corrected chi connectivity index (χ0v) is 9.08. The van der Waals surface area contributed by atoms with Crippen LogP contribution in [0.5, 0.6) is 0 Å². The summed E-state index contributed by atoms with van der Waals surface area (Å²) in [7, 11) is 0. The third kappa shape index (κ3) is 7.80. The summed E-state index contributed by atoms with van der Waals surface area (Å²) in [5.41, 5.74) is 0.348. The van der Waals surface area contributed by atoms with Gasteiger partial charge in [0.1, 0.15) is 6.61 Å². The number of esters is 1. The molecule has 1 aliphatic carbocycles. The molecule has 3 nitrogen and oxygen atoms in total. The van der Waals surface area contributed by atoms with Crippen molar-refractivity contribution >= 4 is 5.97 Å². The summed E-state index contributed by atoms with van der Waals surface area (Å²) in [6.07, 6.45) is 5.39. The van der Waals surface area contributed by atoms with Crippen LogP contribution in [-0.4, -0.2) is 23.8 Å². The van der Waals surface area contributed by atoms with Crippen LogP contribution in [0, 0.1) is 0 Å². The molecular weight excluding hydrogens is 180 g/mol. The molecule has 1 unspecified atom stereocenters. The van der Waals surface area contributed by atoms with E-state index >= 15 is 0 Å². The third-order valence-electron chi connectivity index (χ3n) is 1.80. The predicted molar refractivity (Wildman–Crippen MR) is 55.9 cm³/mol. The van der Waals surface area contributed by atoms with E-state index in [1.165, 1.54) is 25.7 Å². The Morgan fingerprint density at radius 1 is 1.43 bits per heavy atom. The molecule has 0 heterocycles. The van der Waals surface area contributed by atoms with Gasteiger partial charge in [0.15, 0.2) is 0 Å². The van der Waals surface area contributed by atoms with Gasteiger partial charge in [-0.2, -0.15) is 0 Å². The molecule has 82 valence electrons. The lowest BCUT2D eigenvalue weighted by Crippen LogP contribution is -2.15. The highest BCUT2D eigenvalue weighted by Crippen LogP contribution is 2.15. The highest BCUT2D eigenvalue weighted by molar-refractivity contribution is 5.86. The van der Waals surface area contributed by atoms with Gasteiger partial charge in [-0.25, -0.2) is 4.79 Å². The minimum absolute atomic E-state index is 0.0334. The van der Waals surface area contributed by atoms with Crippen molar-refractivity contribution in [2.24, 2.45) is 0 Å². The van der Waals surface area contributed by atoms with Gasteiger partial charge in [0.25, 0.3) is 0 Å². The van der Waals surface area contributed by atoms with Crippen molar-refractivity contribution in [2.45, 2.75) is 45.6 Å². The number of hydrogen-bond donors (Lipinski definition) is 1. The Morgan fingerprint density at radius 2 is 1.86 bits per heavy atom. The smallest absolute Gasteiger partial charge is 0.333 e. The van der Waals surface area contributed by atoms with Gasteiger partial charge in [0, 0.05) is 5.57 Å². The Hall–Kier alpha value is -0.830. The number of aliphatic hydroxyl groups is 1. The predicted octanol–water partition coefficient (Wildman–Crippen LogP) is 2.05. The van der Waals surface area contributed by atoms with Crippen molar-refractivity contribution in [3.8, 4) is 0 Å². The van der Waals surface area contributed by atoms with Gasteiger partial charge < -0.3 is 9.84 Å². The van der Waals surface area contributed by atoms with Gasteiger partial charge in [-0.05, 0) is 13.8 Å². The van der Waals surface area contributed by atoms with Gasteiger partial charge in [0.05, 0.1) is 6.10 Å². The Bertz CT molecular complexity index is 177. The number of aliphatic hydroxyl groups excluding tert-OH is 1. The molecule has 1 atom stereocenters. The quantitative estimate of drug-likeness (QED) is 0.560. The van der Waals surface area contributed by atoms with Crippen molar-refractivity contribution in [3.05, 3.63) is 12.2 Å². The van der Waals surface area contributed by atoms with E-state index in [2.05, 4.69) is 11.3 Å². The summed E-state index contributed by atoms with van der Waals surface area (Å²) in [6, 6.07) is 0. The molecule has 1 rings (SSSR count). The zero-order chi connectivity index (χ0) is 11.0. The van der Waals surface area contributed by atoms with E-state index in [1.54, 1.807) is 13.8 Å². The molecule has 14 heavy (non-hydrogen) atoms. The molecule has 1 aliphatic rings. The Balaban J connectivity index is 0.000000344. The average molecular weight is 200 g/mol. The molecule has 0 aromatic heterocycles. The molecule has 0 saturated heterocycles. The van der Waals surface area contributed by atoms with Gasteiger partial charge in [0.2, 0.25) is 0 Å². The standard InChI is InChI=1S/C7H12O3.C4H8/c1-5(2)7(9)10-4-6(3)8;1-2-4-3-1/h6,8H,1,4H2,2-3H3;1-4H2. The molecule has 3 heteroatoms. The van der Waals surface area contributed by atoms with E-state index in [-0.39, 0.29) is 6.61 Å². The minimum atomic E-state index is -0.608. The molecular formula is C11H20O3. The Kier molecular flexibility index (Phi) is 7.11. The number of carbonyl (C=O) groups is 1. The molecule has 1 fully saturated rings. The molecule has 0 aliphatic heterocycles. The maximum absolute atomic E-state index is 10.6. The van der Waals surface area contributed by atoms with Gasteiger partial charge in [-0.15, -0.1) is 0 Å². The number of hydrogen-bond acceptors (Lipinski definition) is 3. The summed E-state index contributed by atoms with van der Waals surface area (Å²) in [6.45, 7) is 6.52. The van der Waals surface area contributed by atoms with E-state index in [1.807, 2.05) is 0 Å². The van der Waals surface area contributed by atoms with Gasteiger partial charge in [-0.1, -0.05) is 32.3 Å². The van der Waals surface area contributed by atoms with Crippen LogP contribution in [-0.2, 0) is 9.53 Å². The fourth-order valence-electron chi connectivity index (χ4n) is 0.569.